The number of non-ortho nitro benzene ring substituents is 1. The van der Waals surface area contributed by atoms with Crippen LogP contribution in [-0.4, -0.2) is 30.2 Å². The maximum atomic E-state index is 13.3. The van der Waals surface area contributed by atoms with Gasteiger partial charge in [-0.05, 0) is 34.6 Å². The summed E-state index contributed by atoms with van der Waals surface area (Å²) in [6.45, 7) is 0.132. The molecular formula is C22H20N2O6S2. The summed E-state index contributed by atoms with van der Waals surface area (Å²) < 4.78 is 33.5. The number of nitro groups is 1. The van der Waals surface area contributed by atoms with E-state index in [1.54, 1.807) is 23.6 Å². The minimum Gasteiger partial charge on any atom is -0.461 e. The number of hydrogen-bond donors (Lipinski definition) is 0. The Hall–Kier alpha value is -3.08. The quantitative estimate of drug-likeness (QED) is 0.291. The van der Waals surface area contributed by atoms with Gasteiger partial charge in [-0.1, -0.05) is 42.5 Å². The molecule has 0 saturated carbocycles. The van der Waals surface area contributed by atoms with Crippen molar-refractivity contribution in [1.82, 2.24) is 4.31 Å². The lowest BCUT2D eigenvalue weighted by atomic mass is 9.92. The first kappa shape index (κ1) is 22.1. The highest BCUT2D eigenvalue weighted by molar-refractivity contribution is 7.91. The van der Waals surface area contributed by atoms with E-state index < -0.39 is 27.0 Å². The second-order valence-electron chi connectivity index (χ2n) is 7.30. The highest BCUT2D eigenvalue weighted by atomic mass is 32.2. The van der Waals surface area contributed by atoms with Gasteiger partial charge in [0.15, 0.2) is 0 Å². The fourth-order valence-corrected chi connectivity index (χ4v) is 6.52. The average Bonchev–Trinajstić information content (AvgIpc) is 3.34. The maximum absolute atomic E-state index is 13.3. The lowest BCUT2D eigenvalue weighted by Crippen LogP contribution is -2.40. The van der Waals surface area contributed by atoms with Gasteiger partial charge in [0.1, 0.15) is 10.8 Å². The van der Waals surface area contributed by atoms with E-state index in [1.807, 2.05) is 24.3 Å². The van der Waals surface area contributed by atoms with Crippen molar-refractivity contribution in [3.05, 3.63) is 92.8 Å². The zero-order chi connectivity index (χ0) is 22.7. The third kappa shape index (κ3) is 4.57. The fraction of sp³-hybridized carbons (Fsp3) is 0.227. The van der Waals surface area contributed by atoms with Crippen LogP contribution in [0, 0.1) is 10.1 Å². The van der Waals surface area contributed by atoms with Crippen molar-refractivity contribution in [2.45, 2.75) is 29.7 Å². The molecule has 3 aromatic rings. The van der Waals surface area contributed by atoms with Gasteiger partial charge >= 0.3 is 5.97 Å². The number of sulfonamides is 1. The first-order chi connectivity index (χ1) is 15.4. The summed E-state index contributed by atoms with van der Waals surface area (Å²) >= 11 is 1.14. The van der Waals surface area contributed by atoms with Gasteiger partial charge < -0.3 is 4.74 Å². The number of carbonyl (C=O) groups is 1. The number of ether oxygens (including phenoxy) is 1. The van der Waals surface area contributed by atoms with Crippen LogP contribution < -0.4 is 0 Å². The van der Waals surface area contributed by atoms with Crippen molar-refractivity contribution >= 4 is 33.0 Å². The summed E-state index contributed by atoms with van der Waals surface area (Å²) in [4.78, 5) is 23.1. The molecule has 1 aliphatic heterocycles. The third-order valence-corrected chi connectivity index (χ3v) is 8.58. The highest BCUT2D eigenvalue weighted by Crippen LogP contribution is 2.37. The predicted molar refractivity (Wildman–Crippen MR) is 119 cm³/mol. The van der Waals surface area contributed by atoms with Gasteiger partial charge in [-0.3, -0.25) is 14.9 Å². The van der Waals surface area contributed by atoms with E-state index in [-0.39, 0.29) is 29.5 Å². The van der Waals surface area contributed by atoms with Crippen molar-refractivity contribution in [1.29, 1.82) is 0 Å². The van der Waals surface area contributed by atoms with Crippen LogP contribution in [0.2, 0.25) is 0 Å². The Kier molecular flexibility index (Phi) is 6.35. The summed E-state index contributed by atoms with van der Waals surface area (Å²) in [6.07, 6.45) is 0.399. The number of thiophene rings is 1. The third-order valence-electron chi connectivity index (χ3n) is 5.30. The highest BCUT2D eigenvalue weighted by Gasteiger charge is 2.38. The van der Waals surface area contributed by atoms with E-state index in [9.17, 15) is 23.3 Å². The van der Waals surface area contributed by atoms with Crippen molar-refractivity contribution in [2.24, 2.45) is 0 Å². The maximum Gasteiger partial charge on any atom is 0.308 e. The summed E-state index contributed by atoms with van der Waals surface area (Å²) in [5, 5.41) is 12.6. The molecule has 0 bridgehead atoms. The number of rotatable bonds is 7. The molecule has 0 radical (unpaired) electrons. The molecule has 2 heterocycles. The van der Waals surface area contributed by atoms with Crippen LogP contribution in [0.3, 0.4) is 0 Å². The van der Waals surface area contributed by atoms with Gasteiger partial charge in [0.2, 0.25) is 0 Å². The minimum absolute atomic E-state index is 0.0898. The van der Waals surface area contributed by atoms with E-state index in [0.717, 1.165) is 22.5 Å². The Morgan fingerprint density at radius 3 is 2.72 bits per heavy atom. The number of carbonyl (C=O) groups excluding carboxylic acids is 1. The van der Waals surface area contributed by atoms with E-state index >= 15 is 0 Å². The lowest BCUT2D eigenvalue weighted by molar-refractivity contribution is -0.384. The molecule has 8 nitrogen and oxygen atoms in total. The normalized spacial score (nSPS) is 16.3. The van der Waals surface area contributed by atoms with Gasteiger partial charge in [0.05, 0.1) is 17.4 Å². The molecule has 0 N–H and O–H groups in total. The van der Waals surface area contributed by atoms with Crippen LogP contribution in [0.15, 0.2) is 70.3 Å². The minimum atomic E-state index is -3.77. The molecule has 32 heavy (non-hydrogen) atoms. The molecule has 0 amide bonds. The largest absolute Gasteiger partial charge is 0.461 e. The van der Waals surface area contributed by atoms with Crippen molar-refractivity contribution in [3.8, 4) is 0 Å². The monoisotopic (exact) mass is 472 g/mol. The van der Waals surface area contributed by atoms with Gasteiger partial charge in [-0.2, -0.15) is 4.31 Å². The Bertz CT molecular complexity index is 1240. The fourth-order valence-electron chi connectivity index (χ4n) is 3.79. The van der Waals surface area contributed by atoms with Crippen LogP contribution in [0.25, 0.3) is 0 Å². The smallest absolute Gasteiger partial charge is 0.308 e. The molecule has 2 aromatic carbocycles. The van der Waals surface area contributed by atoms with Gasteiger partial charge in [0, 0.05) is 18.7 Å². The standard InChI is InChI=1S/C22H20N2O6S2/c25-21(30-15-16-5-3-7-18(13-16)24(26)27)14-20-19-8-2-1-6-17(19)10-11-23(20)32(28,29)22-9-4-12-31-22/h1-9,12-13,20H,10-11,14-15H2. The molecule has 10 heteroatoms. The molecule has 0 fully saturated rings. The number of hydrogen-bond acceptors (Lipinski definition) is 7. The van der Waals surface area contributed by atoms with E-state index in [4.69, 9.17) is 4.74 Å². The summed E-state index contributed by atoms with van der Waals surface area (Å²) in [6, 6.07) is 15.9. The van der Waals surface area contributed by atoms with E-state index in [1.165, 1.54) is 22.5 Å². The Labute approximate surface area is 189 Å². The van der Waals surface area contributed by atoms with Gasteiger partial charge in [-0.25, -0.2) is 8.42 Å². The average molecular weight is 473 g/mol. The Balaban J connectivity index is 1.55. The zero-order valence-electron chi connectivity index (χ0n) is 16.9. The molecule has 1 atom stereocenters. The molecule has 0 saturated heterocycles. The number of nitro benzene ring substituents is 1. The van der Waals surface area contributed by atoms with E-state index in [2.05, 4.69) is 0 Å². The van der Waals surface area contributed by atoms with Crippen molar-refractivity contribution < 1.29 is 22.9 Å². The van der Waals surface area contributed by atoms with E-state index in [0.29, 0.717) is 12.0 Å². The molecule has 166 valence electrons. The first-order valence-electron chi connectivity index (χ1n) is 9.88. The second-order valence-corrected chi connectivity index (χ2v) is 10.4. The number of nitrogens with zero attached hydrogens (tertiary/aromatic N) is 2. The summed E-state index contributed by atoms with van der Waals surface area (Å²) in [5.74, 6) is -0.579. The van der Waals surface area contributed by atoms with Crippen LogP contribution in [0.1, 0.15) is 29.2 Å². The number of esters is 1. The molecule has 0 aliphatic carbocycles. The van der Waals surface area contributed by atoms with Gasteiger partial charge in [-0.15, -0.1) is 11.3 Å². The lowest BCUT2D eigenvalue weighted by Gasteiger charge is -2.35. The molecule has 1 unspecified atom stereocenters. The molecule has 0 spiro atoms. The topological polar surface area (TPSA) is 107 Å². The molecule has 1 aromatic heterocycles. The zero-order valence-corrected chi connectivity index (χ0v) is 18.6. The Morgan fingerprint density at radius 1 is 1.16 bits per heavy atom. The van der Waals surface area contributed by atoms with Crippen LogP contribution in [0.5, 0.6) is 0 Å². The SMILES string of the molecule is O=C(CC1c2ccccc2CCN1S(=O)(=O)c1cccs1)OCc1cccc([N+](=O)[O-])c1. The summed E-state index contributed by atoms with van der Waals surface area (Å²) in [5.41, 5.74) is 2.18. The first-order valence-corrected chi connectivity index (χ1v) is 12.2. The molecule has 1 aliphatic rings. The molecular weight excluding hydrogens is 452 g/mol. The van der Waals surface area contributed by atoms with Crippen molar-refractivity contribution in [3.63, 3.8) is 0 Å². The van der Waals surface area contributed by atoms with Gasteiger partial charge in [0.25, 0.3) is 15.7 Å². The van der Waals surface area contributed by atoms with Crippen LogP contribution in [0.4, 0.5) is 5.69 Å². The second kappa shape index (κ2) is 9.19. The molecule has 4 rings (SSSR count). The van der Waals surface area contributed by atoms with Crippen molar-refractivity contribution in [2.75, 3.05) is 6.54 Å². The summed E-state index contributed by atoms with van der Waals surface area (Å²) in [7, 11) is -3.77. The van der Waals surface area contributed by atoms with Crippen LogP contribution in [-0.2, 0) is 32.6 Å². The Morgan fingerprint density at radius 2 is 1.97 bits per heavy atom. The number of benzene rings is 2. The van der Waals surface area contributed by atoms with Crippen LogP contribution >= 0.6 is 11.3 Å². The number of fused-ring (bicyclic) bond motifs is 1. The predicted octanol–water partition coefficient (Wildman–Crippen LogP) is 4.08.